The first-order valence-corrected chi connectivity index (χ1v) is 6.14. The first-order valence-electron chi connectivity index (χ1n) is 6.14. The van der Waals surface area contributed by atoms with E-state index in [1.54, 1.807) is 0 Å². The van der Waals surface area contributed by atoms with Crippen LogP contribution >= 0.6 is 0 Å². The predicted octanol–water partition coefficient (Wildman–Crippen LogP) is 1.76. The third-order valence-corrected chi connectivity index (χ3v) is 3.84. The molecule has 3 nitrogen and oxygen atoms in total. The third-order valence-electron chi connectivity index (χ3n) is 3.84. The van der Waals surface area contributed by atoms with Crippen molar-refractivity contribution < 1.29 is 0 Å². The molecule has 3 rings (SSSR count). The zero-order chi connectivity index (χ0) is 10.1. The molecular weight excluding hydrogens is 186 g/mol. The number of aromatic nitrogens is 2. The average molecular weight is 205 g/mol. The van der Waals surface area contributed by atoms with E-state index in [0.717, 1.165) is 11.8 Å². The van der Waals surface area contributed by atoms with Crippen molar-refractivity contribution in [2.24, 2.45) is 5.92 Å². The van der Waals surface area contributed by atoms with Crippen LogP contribution in [0, 0.1) is 5.92 Å². The van der Waals surface area contributed by atoms with Gasteiger partial charge in [-0.25, -0.2) is 4.98 Å². The fourth-order valence-electron chi connectivity index (χ4n) is 2.80. The lowest BCUT2D eigenvalue weighted by Crippen LogP contribution is -2.44. The number of hydrogen-bond donors (Lipinski definition) is 1. The molecule has 2 heterocycles. The second-order valence-corrected chi connectivity index (χ2v) is 4.98. The third kappa shape index (κ3) is 1.81. The molecule has 0 bridgehead atoms. The molecule has 2 fully saturated rings. The minimum atomic E-state index is 0.792. The van der Waals surface area contributed by atoms with Crippen LogP contribution in [-0.2, 0) is 6.54 Å². The van der Waals surface area contributed by atoms with E-state index in [2.05, 4.69) is 21.1 Å². The van der Waals surface area contributed by atoms with Gasteiger partial charge in [-0.2, -0.15) is 0 Å². The van der Waals surface area contributed by atoms with Crippen LogP contribution in [0.15, 0.2) is 12.5 Å². The van der Waals surface area contributed by atoms with E-state index in [9.17, 15) is 0 Å². The normalized spacial score (nSPS) is 23.2. The van der Waals surface area contributed by atoms with E-state index in [0.29, 0.717) is 0 Å². The summed E-state index contributed by atoms with van der Waals surface area (Å²) >= 11 is 0. The molecule has 82 valence electrons. The molecule has 0 unspecified atom stereocenters. The van der Waals surface area contributed by atoms with Crippen molar-refractivity contribution in [2.45, 2.75) is 38.1 Å². The van der Waals surface area contributed by atoms with Crippen LogP contribution in [0.2, 0.25) is 0 Å². The van der Waals surface area contributed by atoms with Gasteiger partial charge in [0.2, 0.25) is 0 Å². The topological polar surface area (TPSA) is 29.9 Å². The van der Waals surface area contributed by atoms with Crippen molar-refractivity contribution in [1.82, 2.24) is 14.9 Å². The highest BCUT2D eigenvalue weighted by Gasteiger charge is 2.23. The Hall–Kier alpha value is -0.830. The molecule has 2 aliphatic rings. The van der Waals surface area contributed by atoms with E-state index in [1.807, 2.05) is 6.33 Å². The highest BCUT2D eigenvalue weighted by Crippen LogP contribution is 2.34. The van der Waals surface area contributed by atoms with E-state index in [-0.39, 0.29) is 0 Å². The highest BCUT2D eigenvalue weighted by molar-refractivity contribution is 5.08. The van der Waals surface area contributed by atoms with E-state index in [1.165, 1.54) is 51.0 Å². The Morgan fingerprint density at radius 1 is 1.33 bits per heavy atom. The van der Waals surface area contributed by atoms with Gasteiger partial charge in [-0.1, -0.05) is 12.8 Å². The number of rotatable bonds is 3. The van der Waals surface area contributed by atoms with Gasteiger partial charge in [0.15, 0.2) is 0 Å². The monoisotopic (exact) mass is 205 g/mol. The molecular formula is C12H19N3. The molecule has 1 saturated carbocycles. The second-order valence-electron chi connectivity index (χ2n) is 4.98. The summed E-state index contributed by atoms with van der Waals surface area (Å²) in [7, 11) is 0. The van der Waals surface area contributed by atoms with Gasteiger partial charge in [-0.3, -0.25) is 0 Å². The Morgan fingerprint density at radius 3 is 2.80 bits per heavy atom. The molecule has 0 atom stereocenters. The van der Waals surface area contributed by atoms with E-state index >= 15 is 0 Å². The quantitative estimate of drug-likeness (QED) is 0.815. The van der Waals surface area contributed by atoms with E-state index < -0.39 is 0 Å². The molecule has 0 amide bonds. The summed E-state index contributed by atoms with van der Waals surface area (Å²) in [5.41, 5.74) is 1.49. The molecule has 0 radical (unpaired) electrons. The molecule has 15 heavy (non-hydrogen) atoms. The smallest absolute Gasteiger partial charge is 0.0948 e. The van der Waals surface area contributed by atoms with Crippen molar-refractivity contribution >= 4 is 0 Å². The van der Waals surface area contributed by atoms with Gasteiger partial charge in [-0.05, 0) is 12.8 Å². The maximum atomic E-state index is 4.32. The summed E-state index contributed by atoms with van der Waals surface area (Å²) in [5.74, 6) is 1.62. The molecule has 1 aliphatic heterocycles. The van der Waals surface area contributed by atoms with Gasteiger partial charge in [0, 0.05) is 43.4 Å². The largest absolute Gasteiger partial charge is 0.334 e. The summed E-state index contributed by atoms with van der Waals surface area (Å²) < 4.78 is 2.39. The molecule has 3 heteroatoms. The van der Waals surface area contributed by atoms with Crippen LogP contribution in [0.5, 0.6) is 0 Å². The van der Waals surface area contributed by atoms with Crippen molar-refractivity contribution in [3.8, 4) is 0 Å². The molecule has 0 spiro atoms. The van der Waals surface area contributed by atoms with Gasteiger partial charge in [0.1, 0.15) is 0 Å². The van der Waals surface area contributed by atoms with Gasteiger partial charge >= 0.3 is 0 Å². The molecule has 1 N–H and O–H groups in total. The lowest BCUT2D eigenvalue weighted by atomic mass is 10.0. The van der Waals surface area contributed by atoms with Crippen molar-refractivity contribution in [3.05, 3.63) is 18.2 Å². The summed E-state index contributed by atoms with van der Waals surface area (Å²) in [5, 5.41) is 3.33. The Labute approximate surface area is 90.9 Å². The van der Waals surface area contributed by atoms with Crippen LogP contribution in [0.25, 0.3) is 0 Å². The summed E-state index contributed by atoms with van der Waals surface area (Å²) in [6.07, 6.45) is 9.65. The maximum Gasteiger partial charge on any atom is 0.0948 e. The minimum absolute atomic E-state index is 0.792. The Balaban J connectivity index is 1.72. The molecule has 0 aromatic carbocycles. The molecule has 1 aliphatic carbocycles. The fraction of sp³-hybridized carbons (Fsp3) is 0.750. The summed E-state index contributed by atoms with van der Waals surface area (Å²) in [6.45, 7) is 3.53. The van der Waals surface area contributed by atoms with Gasteiger partial charge < -0.3 is 9.88 Å². The van der Waals surface area contributed by atoms with Crippen LogP contribution < -0.4 is 5.32 Å². The number of hydrogen-bond acceptors (Lipinski definition) is 2. The lowest BCUT2D eigenvalue weighted by Gasteiger charge is -2.28. The first kappa shape index (κ1) is 9.40. The van der Waals surface area contributed by atoms with Gasteiger partial charge in [0.25, 0.3) is 0 Å². The van der Waals surface area contributed by atoms with Crippen LogP contribution in [0.1, 0.15) is 37.3 Å². The Bertz CT molecular complexity index is 321. The van der Waals surface area contributed by atoms with Crippen LogP contribution in [0.3, 0.4) is 0 Å². The standard InChI is InChI=1S/C12H19N3/c1-2-4-11(3-1)12-7-14-9-15(12)8-10-5-13-6-10/h7,9-11,13H,1-6,8H2. The first-order chi connectivity index (χ1) is 7.43. The summed E-state index contributed by atoms with van der Waals surface area (Å²) in [4.78, 5) is 4.32. The van der Waals surface area contributed by atoms with E-state index in [4.69, 9.17) is 0 Å². The lowest BCUT2D eigenvalue weighted by molar-refractivity contribution is 0.302. The van der Waals surface area contributed by atoms with Crippen molar-refractivity contribution in [1.29, 1.82) is 0 Å². The minimum Gasteiger partial charge on any atom is -0.334 e. The predicted molar refractivity (Wildman–Crippen MR) is 59.8 cm³/mol. The number of imidazole rings is 1. The van der Waals surface area contributed by atoms with Crippen molar-refractivity contribution in [2.75, 3.05) is 13.1 Å². The average Bonchev–Trinajstić information content (AvgIpc) is 2.81. The Morgan fingerprint density at radius 2 is 2.13 bits per heavy atom. The maximum absolute atomic E-state index is 4.32. The highest BCUT2D eigenvalue weighted by atomic mass is 15.1. The molecule has 1 saturated heterocycles. The SMILES string of the molecule is c1ncn(CC2CNC2)c1C1CCCC1. The van der Waals surface area contributed by atoms with Gasteiger partial charge in [-0.15, -0.1) is 0 Å². The fourth-order valence-corrected chi connectivity index (χ4v) is 2.80. The molecule has 1 aromatic heterocycles. The molecule has 1 aromatic rings. The van der Waals surface area contributed by atoms with Crippen LogP contribution in [0.4, 0.5) is 0 Å². The van der Waals surface area contributed by atoms with Crippen molar-refractivity contribution in [3.63, 3.8) is 0 Å². The zero-order valence-electron chi connectivity index (χ0n) is 9.15. The number of nitrogens with one attached hydrogen (secondary N) is 1. The second kappa shape index (κ2) is 3.97. The van der Waals surface area contributed by atoms with Gasteiger partial charge in [0.05, 0.1) is 6.33 Å². The number of nitrogens with zero attached hydrogens (tertiary/aromatic N) is 2. The zero-order valence-corrected chi connectivity index (χ0v) is 9.15. The summed E-state index contributed by atoms with van der Waals surface area (Å²) in [6, 6.07) is 0. The Kier molecular flexibility index (Phi) is 2.49. The van der Waals surface area contributed by atoms with Crippen LogP contribution in [-0.4, -0.2) is 22.6 Å².